The van der Waals surface area contributed by atoms with Crippen LogP contribution in [0.25, 0.3) is 71.5 Å². The standard InChI is InChI=1S/C55H39NO2/c1-36-23-29-50(39-15-6-3-7-16-39)57-52-31-32-53-55(54(36)52)48-34-41(26-30-51(48)58-53)38-24-27-43(28-25-38)56(44-19-12-18-40(33-44)37-13-4-2-5-14-37)49-35-42-17-8-9-20-45(42)46-21-10-11-22-47(46)49/h2-22,24-36H,23H2,1H3. The van der Waals surface area contributed by atoms with Crippen LogP contribution in [0, 0.1) is 0 Å². The SMILES string of the molecule is CC1CC=C(c2ccccc2)Oc2ccc3oc4ccc(-c5ccc(N(c6cccc(-c7ccccc7)c6)c6cc7ccccc7c7ccccc67)cc5)cc4c3c21. The van der Waals surface area contributed by atoms with Gasteiger partial charge in [0.05, 0.1) is 5.69 Å². The third kappa shape index (κ3) is 5.83. The highest BCUT2D eigenvalue weighted by molar-refractivity contribution is 6.15. The average Bonchev–Trinajstić information content (AvgIpc) is 3.57. The molecule has 1 unspecified atom stereocenters. The van der Waals surface area contributed by atoms with Gasteiger partial charge in [0.25, 0.3) is 0 Å². The Morgan fingerprint density at radius 2 is 1.10 bits per heavy atom. The summed E-state index contributed by atoms with van der Waals surface area (Å²) in [5.41, 5.74) is 12.0. The summed E-state index contributed by atoms with van der Waals surface area (Å²) in [7, 11) is 0. The number of ether oxygens (including phenoxy) is 1. The van der Waals surface area contributed by atoms with Crippen molar-refractivity contribution in [3.63, 3.8) is 0 Å². The Morgan fingerprint density at radius 3 is 1.91 bits per heavy atom. The highest BCUT2D eigenvalue weighted by Gasteiger charge is 2.24. The molecular formula is C55H39NO2. The van der Waals surface area contributed by atoms with Gasteiger partial charge in [0, 0.05) is 38.7 Å². The summed E-state index contributed by atoms with van der Waals surface area (Å²) in [4.78, 5) is 2.41. The van der Waals surface area contributed by atoms with Crippen LogP contribution in [0.2, 0.25) is 0 Å². The van der Waals surface area contributed by atoms with Gasteiger partial charge in [-0.2, -0.15) is 0 Å². The molecule has 0 bridgehead atoms. The van der Waals surface area contributed by atoms with Crippen molar-refractivity contribution in [2.24, 2.45) is 0 Å². The fourth-order valence-corrected chi connectivity index (χ4v) is 8.88. The van der Waals surface area contributed by atoms with Crippen molar-refractivity contribution >= 4 is 66.3 Å². The van der Waals surface area contributed by atoms with Crippen LogP contribution in [-0.2, 0) is 0 Å². The number of allylic oxidation sites excluding steroid dienone is 1. The number of benzene rings is 9. The average molecular weight is 746 g/mol. The Morgan fingerprint density at radius 1 is 0.466 bits per heavy atom. The molecule has 0 saturated heterocycles. The second-order valence-electron chi connectivity index (χ2n) is 15.3. The van der Waals surface area contributed by atoms with Gasteiger partial charge in [0.15, 0.2) is 0 Å². The summed E-state index contributed by atoms with van der Waals surface area (Å²) in [6, 6.07) is 69.4. The van der Waals surface area contributed by atoms with Gasteiger partial charge in [-0.05, 0) is 111 Å². The van der Waals surface area contributed by atoms with Crippen LogP contribution in [0.4, 0.5) is 17.1 Å². The zero-order valence-corrected chi connectivity index (χ0v) is 32.1. The molecule has 11 rings (SSSR count). The fourth-order valence-electron chi connectivity index (χ4n) is 8.88. The summed E-state index contributed by atoms with van der Waals surface area (Å²) in [5, 5.41) is 7.14. The molecule has 1 aliphatic rings. The number of furan rings is 1. The highest BCUT2D eigenvalue weighted by atomic mass is 16.5. The van der Waals surface area contributed by atoms with Crippen LogP contribution >= 0.6 is 0 Å². The van der Waals surface area contributed by atoms with Crippen LogP contribution in [0.1, 0.15) is 30.4 Å². The Kier molecular flexibility index (Phi) is 8.18. The summed E-state index contributed by atoms with van der Waals surface area (Å²) >= 11 is 0. The van der Waals surface area contributed by atoms with Crippen molar-refractivity contribution in [3.8, 4) is 28.0 Å². The van der Waals surface area contributed by atoms with Gasteiger partial charge < -0.3 is 14.1 Å². The first-order valence-corrected chi connectivity index (χ1v) is 20.1. The second-order valence-corrected chi connectivity index (χ2v) is 15.3. The molecule has 9 aromatic carbocycles. The quantitative estimate of drug-likeness (QED) is 0.159. The lowest BCUT2D eigenvalue weighted by Crippen LogP contribution is -2.10. The lowest BCUT2D eigenvalue weighted by atomic mass is 9.92. The van der Waals surface area contributed by atoms with Gasteiger partial charge >= 0.3 is 0 Å². The number of hydrogen-bond donors (Lipinski definition) is 0. The Bertz CT molecular complexity index is 3180. The number of rotatable bonds is 6. The molecule has 0 amide bonds. The van der Waals surface area contributed by atoms with E-state index in [0.717, 1.165) is 73.6 Å². The Labute approximate surface area is 337 Å². The van der Waals surface area contributed by atoms with Gasteiger partial charge in [0.1, 0.15) is 22.7 Å². The minimum absolute atomic E-state index is 0.251. The molecule has 1 atom stereocenters. The van der Waals surface area contributed by atoms with Crippen LogP contribution in [0.5, 0.6) is 5.75 Å². The lowest BCUT2D eigenvalue weighted by molar-refractivity contribution is 0.511. The third-order valence-corrected chi connectivity index (χ3v) is 11.7. The Balaban J connectivity index is 1.03. The zero-order chi connectivity index (χ0) is 38.6. The van der Waals surface area contributed by atoms with Crippen molar-refractivity contribution < 1.29 is 9.15 Å². The fraction of sp³-hybridized carbons (Fsp3) is 0.0545. The predicted octanol–water partition coefficient (Wildman–Crippen LogP) is 15.6. The van der Waals surface area contributed by atoms with E-state index in [-0.39, 0.29) is 5.92 Å². The lowest BCUT2D eigenvalue weighted by Gasteiger charge is -2.28. The van der Waals surface area contributed by atoms with E-state index in [0.29, 0.717) is 0 Å². The van der Waals surface area contributed by atoms with Crippen molar-refractivity contribution in [3.05, 3.63) is 211 Å². The van der Waals surface area contributed by atoms with Gasteiger partial charge in [-0.25, -0.2) is 0 Å². The van der Waals surface area contributed by atoms with E-state index < -0.39 is 0 Å². The molecule has 0 N–H and O–H groups in total. The molecule has 10 aromatic rings. The zero-order valence-electron chi connectivity index (χ0n) is 32.1. The van der Waals surface area contributed by atoms with Crippen LogP contribution in [0.15, 0.2) is 205 Å². The maximum Gasteiger partial charge on any atom is 0.135 e. The van der Waals surface area contributed by atoms with E-state index in [1.807, 2.05) is 6.07 Å². The molecule has 0 spiro atoms. The van der Waals surface area contributed by atoms with Gasteiger partial charge in [-0.1, -0.05) is 146 Å². The molecule has 0 aliphatic carbocycles. The molecular weight excluding hydrogens is 707 g/mol. The molecule has 1 aliphatic heterocycles. The minimum atomic E-state index is 0.251. The van der Waals surface area contributed by atoms with Gasteiger partial charge in [0.2, 0.25) is 0 Å². The Hall–Kier alpha value is -7.36. The molecule has 3 heteroatoms. The summed E-state index contributed by atoms with van der Waals surface area (Å²) in [5.74, 6) is 2.04. The van der Waals surface area contributed by atoms with Gasteiger partial charge in [-0.15, -0.1) is 0 Å². The molecule has 0 saturated carbocycles. The maximum absolute atomic E-state index is 6.66. The molecule has 0 radical (unpaired) electrons. The number of anilines is 3. The molecule has 58 heavy (non-hydrogen) atoms. The predicted molar refractivity (Wildman–Crippen MR) is 242 cm³/mol. The van der Waals surface area contributed by atoms with Crippen molar-refractivity contribution in [2.45, 2.75) is 19.3 Å². The molecule has 0 fully saturated rings. The molecule has 3 nitrogen and oxygen atoms in total. The van der Waals surface area contributed by atoms with Gasteiger partial charge in [-0.3, -0.25) is 0 Å². The van der Waals surface area contributed by atoms with E-state index in [2.05, 4.69) is 206 Å². The molecule has 276 valence electrons. The highest BCUT2D eigenvalue weighted by Crippen LogP contribution is 2.46. The number of nitrogens with zero attached hydrogens (tertiary/aromatic N) is 1. The van der Waals surface area contributed by atoms with E-state index in [9.17, 15) is 0 Å². The van der Waals surface area contributed by atoms with E-state index in [4.69, 9.17) is 9.15 Å². The second kappa shape index (κ2) is 14.0. The van der Waals surface area contributed by atoms with Crippen LogP contribution in [-0.4, -0.2) is 0 Å². The summed E-state index contributed by atoms with van der Waals surface area (Å²) in [6.07, 6.45) is 3.10. The largest absolute Gasteiger partial charge is 0.457 e. The first kappa shape index (κ1) is 33.9. The van der Waals surface area contributed by atoms with Crippen molar-refractivity contribution in [1.82, 2.24) is 0 Å². The van der Waals surface area contributed by atoms with Crippen molar-refractivity contribution in [2.75, 3.05) is 4.90 Å². The summed E-state index contributed by atoms with van der Waals surface area (Å²) in [6.45, 7) is 2.29. The topological polar surface area (TPSA) is 25.6 Å². The van der Waals surface area contributed by atoms with Crippen molar-refractivity contribution in [1.29, 1.82) is 0 Å². The molecule has 1 aromatic heterocycles. The number of hydrogen-bond acceptors (Lipinski definition) is 3. The third-order valence-electron chi connectivity index (χ3n) is 11.7. The first-order valence-electron chi connectivity index (χ1n) is 20.1. The van der Waals surface area contributed by atoms with E-state index in [1.54, 1.807) is 0 Å². The minimum Gasteiger partial charge on any atom is -0.457 e. The number of fused-ring (bicyclic) bond motifs is 8. The maximum atomic E-state index is 6.66. The van der Waals surface area contributed by atoms with Crippen LogP contribution in [0.3, 0.4) is 0 Å². The van der Waals surface area contributed by atoms with E-state index >= 15 is 0 Å². The first-order chi connectivity index (χ1) is 28.7. The van der Waals surface area contributed by atoms with Crippen LogP contribution < -0.4 is 9.64 Å². The smallest absolute Gasteiger partial charge is 0.135 e. The summed E-state index contributed by atoms with van der Waals surface area (Å²) < 4.78 is 13.1. The van der Waals surface area contributed by atoms with E-state index in [1.165, 1.54) is 38.2 Å². The monoisotopic (exact) mass is 745 g/mol. The molecule has 2 heterocycles. The normalized spacial score (nSPS) is 13.9.